The molecule has 3 heteroatoms. The average molecular weight is 117 g/mol. The van der Waals surface area contributed by atoms with Gasteiger partial charge in [0.25, 0.3) is 0 Å². The van der Waals surface area contributed by atoms with Crippen molar-refractivity contribution in [2.45, 2.75) is 12.5 Å². The summed E-state index contributed by atoms with van der Waals surface area (Å²) >= 11 is 0. The van der Waals surface area contributed by atoms with Crippen LogP contribution in [-0.2, 0) is 0 Å². The van der Waals surface area contributed by atoms with Gasteiger partial charge in [0, 0.05) is 19.7 Å². The van der Waals surface area contributed by atoms with Crippen LogP contribution in [0.25, 0.3) is 0 Å². The van der Waals surface area contributed by atoms with Crippen LogP contribution in [-0.4, -0.2) is 36.2 Å². The number of aliphatic hydroxyl groups excluding tert-OH is 2. The first kappa shape index (κ1) is 7.59. The van der Waals surface area contributed by atoms with Crippen molar-refractivity contribution in [2.24, 2.45) is 4.99 Å². The maximum Gasteiger partial charge on any atom is 0.0820 e. The number of rotatable bonds is 3. The maximum atomic E-state index is 8.65. The molecule has 0 aromatic carbocycles. The van der Waals surface area contributed by atoms with Gasteiger partial charge >= 0.3 is 0 Å². The van der Waals surface area contributed by atoms with Gasteiger partial charge < -0.3 is 15.2 Å². The summed E-state index contributed by atoms with van der Waals surface area (Å²) in [5.41, 5.74) is 0. The van der Waals surface area contributed by atoms with Crippen molar-refractivity contribution >= 4 is 6.21 Å². The zero-order valence-electron chi connectivity index (χ0n) is 4.91. The fourth-order valence-electron chi connectivity index (χ4n) is 0.302. The molecule has 0 spiro atoms. The minimum absolute atomic E-state index is 0.188. The van der Waals surface area contributed by atoms with Gasteiger partial charge in [0.1, 0.15) is 0 Å². The quantitative estimate of drug-likeness (QED) is 0.486. The topological polar surface area (TPSA) is 52.8 Å². The third kappa shape index (κ3) is 3.77. The summed E-state index contributed by atoms with van der Waals surface area (Å²) in [5.74, 6) is 0. The van der Waals surface area contributed by atoms with Gasteiger partial charge in [-0.3, -0.25) is 0 Å². The van der Waals surface area contributed by atoms with Crippen LogP contribution in [0, 0.1) is 0 Å². The molecule has 8 heavy (non-hydrogen) atoms. The van der Waals surface area contributed by atoms with Crippen molar-refractivity contribution in [3.63, 3.8) is 0 Å². The van der Waals surface area contributed by atoms with E-state index in [4.69, 9.17) is 10.2 Å². The fourth-order valence-corrected chi connectivity index (χ4v) is 0.302. The summed E-state index contributed by atoms with van der Waals surface area (Å²) < 4.78 is 0. The Hall–Kier alpha value is -0.410. The monoisotopic (exact) mass is 117 g/mol. The van der Waals surface area contributed by atoms with E-state index in [-0.39, 0.29) is 6.61 Å². The van der Waals surface area contributed by atoms with E-state index in [1.165, 1.54) is 0 Å². The SMILES string of the molecule is CN=CCC(O)CO. The van der Waals surface area contributed by atoms with E-state index in [1.807, 2.05) is 0 Å². The number of hydrogen-bond donors (Lipinski definition) is 2. The van der Waals surface area contributed by atoms with Crippen LogP contribution in [0.15, 0.2) is 4.99 Å². The second-order valence-corrected chi connectivity index (χ2v) is 1.51. The zero-order chi connectivity index (χ0) is 6.41. The molecule has 0 saturated heterocycles. The van der Waals surface area contributed by atoms with Gasteiger partial charge in [-0.25, -0.2) is 0 Å². The lowest BCUT2D eigenvalue weighted by molar-refractivity contribution is 0.102. The Labute approximate surface area is 48.7 Å². The van der Waals surface area contributed by atoms with Gasteiger partial charge in [-0.1, -0.05) is 0 Å². The molecule has 48 valence electrons. The second-order valence-electron chi connectivity index (χ2n) is 1.51. The van der Waals surface area contributed by atoms with Gasteiger partial charge in [0.15, 0.2) is 0 Å². The number of aliphatic hydroxyl groups is 2. The lowest BCUT2D eigenvalue weighted by Crippen LogP contribution is -2.11. The molecule has 0 radical (unpaired) electrons. The molecular formula is C5H11NO2. The molecular weight excluding hydrogens is 106 g/mol. The number of hydrogen-bond acceptors (Lipinski definition) is 3. The van der Waals surface area contributed by atoms with Crippen LogP contribution in [0.3, 0.4) is 0 Å². The van der Waals surface area contributed by atoms with Crippen LogP contribution >= 0.6 is 0 Å². The fraction of sp³-hybridized carbons (Fsp3) is 0.800. The Morgan fingerprint density at radius 1 is 1.75 bits per heavy atom. The molecule has 0 aliphatic rings. The normalized spacial score (nSPS) is 14.9. The molecule has 0 fully saturated rings. The van der Waals surface area contributed by atoms with Crippen molar-refractivity contribution in [2.75, 3.05) is 13.7 Å². The molecule has 0 amide bonds. The predicted molar refractivity (Wildman–Crippen MR) is 32.1 cm³/mol. The highest BCUT2D eigenvalue weighted by Gasteiger charge is 1.95. The van der Waals surface area contributed by atoms with Crippen molar-refractivity contribution in [1.82, 2.24) is 0 Å². The molecule has 0 aromatic heterocycles. The first-order chi connectivity index (χ1) is 3.81. The Kier molecular flexibility index (Phi) is 4.50. The van der Waals surface area contributed by atoms with Gasteiger partial charge in [0.05, 0.1) is 12.7 Å². The Bertz CT molecular complexity index is 72.8. The van der Waals surface area contributed by atoms with Crippen LogP contribution in [0.5, 0.6) is 0 Å². The van der Waals surface area contributed by atoms with Crippen molar-refractivity contribution < 1.29 is 10.2 Å². The molecule has 0 heterocycles. The molecule has 0 saturated carbocycles. The largest absolute Gasteiger partial charge is 0.394 e. The van der Waals surface area contributed by atoms with Crippen LogP contribution in [0.2, 0.25) is 0 Å². The predicted octanol–water partition coefficient (Wildman–Crippen LogP) is -0.570. The van der Waals surface area contributed by atoms with Crippen molar-refractivity contribution in [3.8, 4) is 0 Å². The molecule has 0 aliphatic carbocycles. The van der Waals surface area contributed by atoms with E-state index in [9.17, 15) is 0 Å². The summed E-state index contributed by atoms with van der Waals surface area (Å²) in [7, 11) is 1.63. The standard InChI is InChI=1S/C5H11NO2/c1-6-3-2-5(8)4-7/h3,5,7-8H,2,4H2,1H3. The second kappa shape index (κ2) is 4.74. The summed E-state index contributed by atoms with van der Waals surface area (Å²) in [5, 5.41) is 16.9. The molecule has 0 aromatic rings. The van der Waals surface area contributed by atoms with E-state index in [0.717, 1.165) is 0 Å². The highest BCUT2D eigenvalue weighted by molar-refractivity contribution is 5.57. The van der Waals surface area contributed by atoms with Gasteiger partial charge in [0.2, 0.25) is 0 Å². The lowest BCUT2D eigenvalue weighted by atomic mass is 10.3. The third-order valence-electron chi connectivity index (χ3n) is 0.771. The smallest absolute Gasteiger partial charge is 0.0820 e. The zero-order valence-corrected chi connectivity index (χ0v) is 4.91. The molecule has 0 aliphatic heterocycles. The Morgan fingerprint density at radius 3 is 2.75 bits per heavy atom. The van der Waals surface area contributed by atoms with E-state index < -0.39 is 6.10 Å². The van der Waals surface area contributed by atoms with Gasteiger partial charge in [-0.2, -0.15) is 0 Å². The molecule has 1 unspecified atom stereocenters. The van der Waals surface area contributed by atoms with E-state index in [1.54, 1.807) is 13.3 Å². The maximum absolute atomic E-state index is 8.65. The van der Waals surface area contributed by atoms with Crippen molar-refractivity contribution in [1.29, 1.82) is 0 Å². The van der Waals surface area contributed by atoms with E-state index >= 15 is 0 Å². The van der Waals surface area contributed by atoms with Crippen molar-refractivity contribution in [3.05, 3.63) is 0 Å². The van der Waals surface area contributed by atoms with Crippen LogP contribution in [0.4, 0.5) is 0 Å². The van der Waals surface area contributed by atoms with E-state index in [0.29, 0.717) is 6.42 Å². The highest BCUT2D eigenvalue weighted by atomic mass is 16.3. The number of nitrogens with zero attached hydrogens (tertiary/aromatic N) is 1. The van der Waals surface area contributed by atoms with E-state index in [2.05, 4.69) is 4.99 Å². The summed E-state index contributed by atoms with van der Waals surface area (Å²) in [6.07, 6.45) is 1.37. The highest BCUT2D eigenvalue weighted by Crippen LogP contribution is 1.83. The first-order valence-corrected chi connectivity index (χ1v) is 2.50. The minimum Gasteiger partial charge on any atom is -0.394 e. The summed E-state index contributed by atoms with van der Waals surface area (Å²) in [4.78, 5) is 3.63. The lowest BCUT2D eigenvalue weighted by Gasteiger charge is -1.98. The van der Waals surface area contributed by atoms with Gasteiger partial charge in [-0.15, -0.1) is 0 Å². The summed E-state index contributed by atoms with van der Waals surface area (Å²) in [6.45, 7) is -0.188. The molecule has 3 nitrogen and oxygen atoms in total. The molecule has 1 atom stereocenters. The van der Waals surface area contributed by atoms with Gasteiger partial charge in [-0.05, 0) is 0 Å². The van der Waals surface area contributed by atoms with Crippen LogP contribution < -0.4 is 0 Å². The van der Waals surface area contributed by atoms with Crippen LogP contribution in [0.1, 0.15) is 6.42 Å². The first-order valence-electron chi connectivity index (χ1n) is 2.50. The summed E-state index contributed by atoms with van der Waals surface area (Å²) in [6, 6.07) is 0. The molecule has 0 bridgehead atoms. The Balaban J connectivity index is 3.10. The number of aliphatic imine (C=N–C) groups is 1. The third-order valence-corrected chi connectivity index (χ3v) is 0.771. The molecule has 0 rings (SSSR count). The minimum atomic E-state index is -0.640. The molecule has 2 N–H and O–H groups in total. The average Bonchev–Trinajstić information content (AvgIpc) is 1.83. The Morgan fingerprint density at radius 2 is 2.38 bits per heavy atom.